The molecule has 0 radical (unpaired) electrons. The molecular weight excluding hydrogens is 280 g/mol. The molecule has 1 atom stereocenters. The summed E-state index contributed by atoms with van der Waals surface area (Å²) < 4.78 is 27.2. The number of benzene rings is 2. The molecule has 0 heterocycles. The first-order valence-electron chi connectivity index (χ1n) is 6.39. The lowest BCUT2D eigenvalue weighted by Gasteiger charge is -2.18. The second-order valence-corrected chi connectivity index (χ2v) is 5.17. The lowest BCUT2D eigenvalue weighted by atomic mass is 9.97. The van der Waals surface area contributed by atoms with E-state index in [9.17, 15) is 8.78 Å². The SMILES string of the molecule is CNC(Cc1cccc(Cl)c1F)c1ccc(F)c(C)c1. The normalized spacial score (nSPS) is 12.4. The van der Waals surface area contributed by atoms with Gasteiger partial charge < -0.3 is 5.32 Å². The minimum Gasteiger partial charge on any atom is -0.313 e. The Morgan fingerprint density at radius 3 is 2.60 bits per heavy atom. The fourth-order valence-electron chi connectivity index (χ4n) is 2.20. The third-order valence-corrected chi connectivity index (χ3v) is 3.68. The molecule has 0 spiro atoms. The predicted octanol–water partition coefficient (Wildman–Crippen LogP) is 4.43. The first kappa shape index (κ1) is 14.9. The number of halogens is 3. The molecule has 0 aliphatic rings. The van der Waals surface area contributed by atoms with Crippen molar-refractivity contribution >= 4 is 11.6 Å². The molecular formula is C16H16ClF2N. The van der Waals surface area contributed by atoms with E-state index in [0.717, 1.165) is 5.56 Å². The molecule has 0 bridgehead atoms. The van der Waals surface area contributed by atoms with E-state index < -0.39 is 5.82 Å². The van der Waals surface area contributed by atoms with Crippen molar-refractivity contribution in [2.24, 2.45) is 0 Å². The van der Waals surface area contributed by atoms with Crippen molar-refractivity contribution in [2.75, 3.05) is 7.05 Å². The first-order valence-corrected chi connectivity index (χ1v) is 6.77. The van der Waals surface area contributed by atoms with E-state index in [1.165, 1.54) is 12.1 Å². The molecule has 0 saturated heterocycles. The van der Waals surface area contributed by atoms with Gasteiger partial charge in [-0.15, -0.1) is 0 Å². The fourth-order valence-corrected chi connectivity index (χ4v) is 2.39. The Hall–Kier alpha value is -1.45. The number of hydrogen-bond acceptors (Lipinski definition) is 1. The quantitative estimate of drug-likeness (QED) is 0.880. The van der Waals surface area contributed by atoms with Crippen molar-refractivity contribution in [3.05, 3.63) is 69.7 Å². The zero-order valence-corrected chi connectivity index (χ0v) is 12.1. The topological polar surface area (TPSA) is 12.0 Å². The van der Waals surface area contributed by atoms with Crippen molar-refractivity contribution < 1.29 is 8.78 Å². The van der Waals surface area contributed by atoms with Gasteiger partial charge in [-0.25, -0.2) is 8.78 Å². The number of likely N-dealkylation sites (N-methyl/N-ethyl adjacent to an activating group) is 1. The first-order chi connectivity index (χ1) is 9.52. The van der Waals surface area contributed by atoms with E-state index in [1.807, 2.05) is 0 Å². The van der Waals surface area contributed by atoms with Gasteiger partial charge in [-0.2, -0.15) is 0 Å². The molecule has 2 aromatic carbocycles. The average Bonchev–Trinajstić information content (AvgIpc) is 2.44. The molecule has 0 aliphatic heterocycles. The molecule has 0 fully saturated rings. The summed E-state index contributed by atoms with van der Waals surface area (Å²) in [7, 11) is 1.80. The van der Waals surface area contributed by atoms with E-state index >= 15 is 0 Å². The highest BCUT2D eigenvalue weighted by molar-refractivity contribution is 6.30. The molecule has 2 rings (SSSR count). The van der Waals surface area contributed by atoms with Crippen molar-refractivity contribution in [2.45, 2.75) is 19.4 Å². The van der Waals surface area contributed by atoms with Crippen LogP contribution in [0.4, 0.5) is 8.78 Å². The van der Waals surface area contributed by atoms with Crippen molar-refractivity contribution in [1.29, 1.82) is 0 Å². The lowest BCUT2D eigenvalue weighted by molar-refractivity contribution is 0.552. The van der Waals surface area contributed by atoms with Gasteiger partial charge in [0.1, 0.15) is 11.6 Å². The van der Waals surface area contributed by atoms with E-state index in [0.29, 0.717) is 17.5 Å². The Kier molecular flexibility index (Phi) is 4.73. The average molecular weight is 296 g/mol. The zero-order valence-electron chi connectivity index (χ0n) is 11.4. The van der Waals surface area contributed by atoms with Crippen LogP contribution in [0.3, 0.4) is 0 Å². The smallest absolute Gasteiger partial charge is 0.145 e. The fraction of sp³-hybridized carbons (Fsp3) is 0.250. The van der Waals surface area contributed by atoms with Crippen LogP contribution in [-0.4, -0.2) is 7.05 Å². The highest BCUT2D eigenvalue weighted by Crippen LogP contribution is 2.24. The van der Waals surface area contributed by atoms with E-state index in [2.05, 4.69) is 5.32 Å². The molecule has 106 valence electrons. The van der Waals surface area contributed by atoms with Crippen LogP contribution in [0.2, 0.25) is 5.02 Å². The summed E-state index contributed by atoms with van der Waals surface area (Å²) in [5.74, 6) is -0.634. The number of rotatable bonds is 4. The Bertz CT molecular complexity index is 613. The van der Waals surface area contributed by atoms with Crippen LogP contribution in [0.5, 0.6) is 0 Å². The lowest BCUT2D eigenvalue weighted by Crippen LogP contribution is -2.19. The van der Waals surface area contributed by atoms with Gasteiger partial charge in [0.05, 0.1) is 5.02 Å². The van der Waals surface area contributed by atoms with Crippen molar-refractivity contribution in [1.82, 2.24) is 5.32 Å². The maximum absolute atomic E-state index is 13.9. The summed E-state index contributed by atoms with van der Waals surface area (Å²) in [6.45, 7) is 1.71. The van der Waals surface area contributed by atoms with Crippen LogP contribution in [0, 0.1) is 18.6 Å². The van der Waals surface area contributed by atoms with Crippen LogP contribution < -0.4 is 5.32 Å². The summed E-state index contributed by atoms with van der Waals surface area (Å²) in [6.07, 6.45) is 0.452. The Balaban J connectivity index is 2.28. The summed E-state index contributed by atoms with van der Waals surface area (Å²) in [6, 6.07) is 9.79. The van der Waals surface area contributed by atoms with Gasteiger partial charge >= 0.3 is 0 Å². The maximum atomic E-state index is 13.9. The van der Waals surface area contributed by atoms with E-state index in [1.54, 1.807) is 38.2 Å². The number of aryl methyl sites for hydroxylation is 1. The van der Waals surface area contributed by atoms with Gasteiger partial charge in [0.25, 0.3) is 0 Å². The molecule has 1 nitrogen and oxygen atoms in total. The van der Waals surface area contributed by atoms with Crippen molar-refractivity contribution in [3.63, 3.8) is 0 Å². The Labute approximate surface area is 122 Å². The summed E-state index contributed by atoms with van der Waals surface area (Å²) in [4.78, 5) is 0. The third kappa shape index (κ3) is 3.17. The Morgan fingerprint density at radius 1 is 1.20 bits per heavy atom. The standard InChI is InChI=1S/C16H16ClF2N/c1-10-8-11(6-7-14(10)18)15(20-2)9-12-4-3-5-13(17)16(12)19/h3-8,15,20H,9H2,1-2H3. The second-order valence-electron chi connectivity index (χ2n) is 4.77. The number of hydrogen-bond donors (Lipinski definition) is 1. The molecule has 0 aromatic heterocycles. The highest BCUT2D eigenvalue weighted by Gasteiger charge is 2.15. The molecule has 1 unspecified atom stereocenters. The molecule has 1 N–H and O–H groups in total. The maximum Gasteiger partial charge on any atom is 0.145 e. The molecule has 0 saturated carbocycles. The molecule has 0 amide bonds. The Morgan fingerprint density at radius 2 is 1.95 bits per heavy atom. The highest BCUT2D eigenvalue weighted by atomic mass is 35.5. The summed E-state index contributed by atoms with van der Waals surface area (Å²) in [5.41, 5.74) is 2.04. The van der Waals surface area contributed by atoms with Gasteiger partial charge in [0, 0.05) is 6.04 Å². The van der Waals surface area contributed by atoms with Crippen LogP contribution >= 0.6 is 11.6 Å². The number of nitrogens with one attached hydrogen (secondary N) is 1. The molecule has 20 heavy (non-hydrogen) atoms. The van der Waals surface area contributed by atoms with Gasteiger partial charge in [-0.1, -0.05) is 35.9 Å². The van der Waals surface area contributed by atoms with E-state index in [-0.39, 0.29) is 16.9 Å². The predicted molar refractivity (Wildman–Crippen MR) is 78.1 cm³/mol. The van der Waals surface area contributed by atoms with Crippen LogP contribution in [-0.2, 0) is 6.42 Å². The molecule has 2 aromatic rings. The summed E-state index contributed by atoms with van der Waals surface area (Å²) >= 11 is 5.79. The van der Waals surface area contributed by atoms with Gasteiger partial charge in [-0.05, 0) is 49.2 Å². The third-order valence-electron chi connectivity index (χ3n) is 3.39. The van der Waals surface area contributed by atoms with Crippen LogP contribution in [0.1, 0.15) is 22.7 Å². The molecule has 0 aliphatic carbocycles. The monoisotopic (exact) mass is 295 g/mol. The van der Waals surface area contributed by atoms with Gasteiger partial charge in [0.15, 0.2) is 0 Å². The van der Waals surface area contributed by atoms with E-state index in [4.69, 9.17) is 11.6 Å². The van der Waals surface area contributed by atoms with Crippen molar-refractivity contribution in [3.8, 4) is 0 Å². The van der Waals surface area contributed by atoms with Crippen LogP contribution in [0.25, 0.3) is 0 Å². The second kappa shape index (κ2) is 6.33. The summed E-state index contributed by atoms with van der Waals surface area (Å²) in [5, 5.41) is 3.25. The van der Waals surface area contributed by atoms with Crippen LogP contribution in [0.15, 0.2) is 36.4 Å². The molecule has 4 heteroatoms. The van der Waals surface area contributed by atoms with Gasteiger partial charge in [-0.3, -0.25) is 0 Å². The minimum atomic E-state index is -0.395. The largest absolute Gasteiger partial charge is 0.313 e. The minimum absolute atomic E-state index is 0.0951. The zero-order chi connectivity index (χ0) is 14.7. The van der Waals surface area contributed by atoms with Gasteiger partial charge in [0.2, 0.25) is 0 Å².